The van der Waals surface area contributed by atoms with E-state index in [-0.39, 0.29) is 0 Å². The average Bonchev–Trinajstić information content (AvgIpc) is 3.03. The maximum atomic E-state index is 3.48. The van der Waals surface area contributed by atoms with Crippen LogP contribution in [0.15, 0.2) is 78.1 Å². The zero-order valence-electron chi connectivity index (χ0n) is 11.1. The SMILES string of the molecule is B[P+](C1=[C]C=CC1)(c1ccccc1)c1ccccc1. The highest BCUT2D eigenvalue weighted by molar-refractivity contribution is 8.11. The van der Waals surface area contributed by atoms with Crippen molar-refractivity contribution in [2.45, 2.75) is 6.42 Å². The Balaban J connectivity index is 2.17. The first-order valence-electron chi connectivity index (χ1n) is 6.57. The second-order valence-corrected chi connectivity index (χ2v) is 8.46. The van der Waals surface area contributed by atoms with E-state index in [0.29, 0.717) is 0 Å². The van der Waals surface area contributed by atoms with Crippen LogP contribution in [0.3, 0.4) is 0 Å². The predicted molar refractivity (Wildman–Crippen MR) is 88.1 cm³/mol. The molecule has 0 aromatic heterocycles. The Bertz CT molecular complexity index is 575. The summed E-state index contributed by atoms with van der Waals surface area (Å²) in [6, 6.07) is 21.8. The topological polar surface area (TPSA) is 0 Å². The van der Waals surface area contributed by atoms with Crippen LogP contribution in [-0.4, -0.2) is 7.57 Å². The van der Waals surface area contributed by atoms with E-state index in [2.05, 4.69) is 86.5 Å². The van der Waals surface area contributed by atoms with Crippen molar-refractivity contribution >= 4 is 25.3 Å². The molecular weight excluding hydrogens is 246 g/mol. The minimum atomic E-state index is -1.48. The quantitative estimate of drug-likeness (QED) is 0.589. The van der Waals surface area contributed by atoms with Crippen LogP contribution in [0, 0.1) is 6.08 Å². The standard InChI is InChI=1S/C17H16BP/c18-19(17-13-7-8-14-17,15-9-3-1-4-10-15)16-11-5-2-6-12-16/h1-12H,13,18H2/q+1. The van der Waals surface area contributed by atoms with Gasteiger partial charge in [-0.05, 0) is 24.3 Å². The van der Waals surface area contributed by atoms with Gasteiger partial charge in [0.1, 0.15) is 0 Å². The summed E-state index contributed by atoms with van der Waals surface area (Å²) in [5.41, 5.74) is 0. The molecule has 0 aliphatic heterocycles. The van der Waals surface area contributed by atoms with Crippen LogP contribution < -0.4 is 10.6 Å². The molecule has 0 atom stereocenters. The Morgan fingerprint density at radius 2 is 1.37 bits per heavy atom. The fourth-order valence-electron chi connectivity index (χ4n) is 2.61. The number of allylic oxidation sites excluding steroid dienone is 4. The zero-order valence-corrected chi connectivity index (χ0v) is 12.0. The maximum absolute atomic E-state index is 3.48. The number of benzene rings is 2. The van der Waals surface area contributed by atoms with E-state index in [9.17, 15) is 0 Å². The van der Waals surface area contributed by atoms with Gasteiger partial charge in [-0.2, -0.15) is 0 Å². The van der Waals surface area contributed by atoms with Crippen molar-refractivity contribution in [1.82, 2.24) is 0 Å². The summed E-state index contributed by atoms with van der Waals surface area (Å²) < 4.78 is 0. The van der Waals surface area contributed by atoms with Crippen molar-refractivity contribution in [1.29, 1.82) is 0 Å². The van der Waals surface area contributed by atoms with Crippen LogP contribution in [0.5, 0.6) is 0 Å². The van der Waals surface area contributed by atoms with Gasteiger partial charge >= 0.3 is 7.57 Å². The van der Waals surface area contributed by atoms with Crippen molar-refractivity contribution in [3.05, 3.63) is 84.2 Å². The van der Waals surface area contributed by atoms with Gasteiger partial charge in [0.2, 0.25) is 0 Å². The van der Waals surface area contributed by atoms with E-state index < -0.39 is 7.14 Å². The van der Waals surface area contributed by atoms with Crippen LogP contribution in [-0.2, 0) is 0 Å². The first-order valence-corrected chi connectivity index (χ1v) is 8.81. The third-order valence-corrected chi connectivity index (χ3v) is 7.82. The van der Waals surface area contributed by atoms with E-state index in [1.54, 1.807) is 0 Å². The van der Waals surface area contributed by atoms with Crippen molar-refractivity contribution in [3.63, 3.8) is 0 Å². The normalized spacial score (nSPS) is 14.4. The van der Waals surface area contributed by atoms with Crippen molar-refractivity contribution < 1.29 is 0 Å². The second-order valence-electron chi connectivity index (χ2n) is 4.87. The fourth-order valence-corrected chi connectivity index (χ4v) is 5.87. The second kappa shape index (κ2) is 5.19. The first-order chi connectivity index (χ1) is 9.32. The molecule has 0 bridgehead atoms. The minimum absolute atomic E-state index is 1.04. The predicted octanol–water partition coefficient (Wildman–Crippen LogP) is 2.85. The molecule has 2 aromatic rings. The molecule has 1 aliphatic carbocycles. The molecular formula is C17H16BP+. The lowest BCUT2D eigenvalue weighted by Crippen LogP contribution is -2.23. The molecule has 0 nitrogen and oxygen atoms in total. The molecule has 0 amide bonds. The summed E-state index contributed by atoms with van der Waals surface area (Å²) >= 11 is 0. The Morgan fingerprint density at radius 3 is 1.79 bits per heavy atom. The molecule has 91 valence electrons. The summed E-state index contributed by atoms with van der Waals surface area (Å²) in [5, 5.41) is 4.32. The van der Waals surface area contributed by atoms with E-state index in [4.69, 9.17) is 0 Å². The smallest absolute Gasteiger partial charge is 0.0761 e. The highest BCUT2D eigenvalue weighted by Gasteiger charge is 2.41. The highest BCUT2D eigenvalue weighted by Crippen LogP contribution is 2.61. The van der Waals surface area contributed by atoms with Crippen molar-refractivity contribution in [2.75, 3.05) is 0 Å². The molecule has 0 saturated carbocycles. The summed E-state index contributed by atoms with van der Waals surface area (Å²) in [6.45, 7) is 0. The van der Waals surface area contributed by atoms with Gasteiger partial charge in [0.15, 0.2) is 0 Å². The highest BCUT2D eigenvalue weighted by atomic mass is 31.2. The molecule has 3 rings (SSSR count). The maximum Gasteiger partial charge on any atom is 0.323 e. The average molecular weight is 262 g/mol. The molecule has 1 aliphatic rings. The molecule has 1 radical (unpaired) electrons. The van der Waals surface area contributed by atoms with Gasteiger partial charge in [0.05, 0.1) is 23.1 Å². The molecule has 0 fully saturated rings. The molecule has 2 heteroatoms. The van der Waals surface area contributed by atoms with Gasteiger partial charge in [-0.15, -0.1) is 0 Å². The van der Waals surface area contributed by atoms with Crippen LogP contribution in [0.1, 0.15) is 6.42 Å². The van der Waals surface area contributed by atoms with Gasteiger partial charge in [-0.25, -0.2) is 0 Å². The molecule has 2 aromatic carbocycles. The van der Waals surface area contributed by atoms with Crippen LogP contribution >= 0.6 is 7.14 Å². The van der Waals surface area contributed by atoms with Crippen molar-refractivity contribution in [3.8, 4) is 0 Å². The van der Waals surface area contributed by atoms with Crippen molar-refractivity contribution in [2.24, 2.45) is 0 Å². The first kappa shape index (κ1) is 12.4. The summed E-state index contributed by atoms with van der Waals surface area (Å²) in [5.74, 6) is 0. The van der Waals surface area contributed by atoms with Gasteiger partial charge < -0.3 is 0 Å². The molecule has 0 spiro atoms. The number of rotatable bonds is 3. The zero-order chi connectivity index (χ0) is 13.1. The number of hydrogen-bond acceptors (Lipinski definition) is 0. The van der Waals surface area contributed by atoms with E-state index in [1.165, 1.54) is 15.9 Å². The Labute approximate surface area is 116 Å². The summed E-state index contributed by atoms with van der Waals surface area (Å²) in [4.78, 5) is 0. The van der Waals surface area contributed by atoms with Gasteiger partial charge in [-0.3, -0.25) is 0 Å². The molecule has 0 saturated heterocycles. The Kier molecular flexibility index (Phi) is 3.40. The van der Waals surface area contributed by atoms with Crippen LogP contribution in [0.4, 0.5) is 0 Å². The van der Waals surface area contributed by atoms with E-state index in [1.807, 2.05) is 0 Å². The third-order valence-electron chi connectivity index (χ3n) is 3.76. The molecule has 19 heavy (non-hydrogen) atoms. The van der Waals surface area contributed by atoms with E-state index in [0.717, 1.165) is 6.42 Å². The lowest BCUT2D eigenvalue weighted by Gasteiger charge is -2.24. The minimum Gasteiger partial charge on any atom is -0.0761 e. The van der Waals surface area contributed by atoms with Gasteiger partial charge in [0.25, 0.3) is 0 Å². The largest absolute Gasteiger partial charge is 0.323 e. The van der Waals surface area contributed by atoms with Crippen LogP contribution in [0.2, 0.25) is 0 Å². The Morgan fingerprint density at radius 1 is 0.842 bits per heavy atom. The summed E-state index contributed by atoms with van der Waals surface area (Å²) in [6.07, 6.45) is 8.79. The monoisotopic (exact) mass is 262 g/mol. The molecule has 0 unspecified atom stereocenters. The fraction of sp³-hybridized carbons (Fsp3) is 0.0588. The van der Waals surface area contributed by atoms with Gasteiger partial charge in [0, 0.05) is 12.5 Å². The third kappa shape index (κ3) is 2.20. The molecule has 0 heterocycles. The Hall–Kier alpha value is -1.59. The summed E-state index contributed by atoms with van der Waals surface area (Å²) in [7, 11) is 0.931. The lowest BCUT2D eigenvalue weighted by atomic mass is 10.4. The lowest BCUT2D eigenvalue weighted by molar-refractivity contribution is 1.40. The van der Waals surface area contributed by atoms with Crippen LogP contribution in [0.25, 0.3) is 0 Å². The molecule has 0 N–H and O–H groups in total. The van der Waals surface area contributed by atoms with Gasteiger partial charge in [-0.1, -0.05) is 48.6 Å². The number of hydrogen-bond donors (Lipinski definition) is 0. The van der Waals surface area contributed by atoms with E-state index >= 15 is 0 Å².